The normalized spacial score (nSPS) is 16.2. The van der Waals surface area contributed by atoms with Gasteiger partial charge < -0.3 is 10.2 Å². The summed E-state index contributed by atoms with van der Waals surface area (Å²) in [6.45, 7) is 9.54. The predicted molar refractivity (Wildman–Crippen MR) is 108 cm³/mol. The summed E-state index contributed by atoms with van der Waals surface area (Å²) in [5, 5.41) is 3.01. The van der Waals surface area contributed by atoms with Crippen LogP contribution in [0.3, 0.4) is 0 Å². The van der Waals surface area contributed by atoms with Crippen molar-refractivity contribution in [2.45, 2.75) is 19.6 Å². The Morgan fingerprint density at radius 1 is 1.04 bits per heavy atom. The number of piperazine rings is 1. The lowest BCUT2D eigenvalue weighted by molar-refractivity contribution is -0.138. The van der Waals surface area contributed by atoms with Gasteiger partial charge in [0, 0.05) is 44.1 Å². The Labute approximate surface area is 164 Å². The second-order valence-corrected chi connectivity index (χ2v) is 7.42. The van der Waals surface area contributed by atoms with Crippen LogP contribution in [-0.4, -0.2) is 43.0 Å². The van der Waals surface area contributed by atoms with E-state index in [0.717, 1.165) is 37.3 Å². The summed E-state index contributed by atoms with van der Waals surface area (Å²) in [6, 6.07) is 12.1. The maximum absolute atomic E-state index is 13.7. The van der Waals surface area contributed by atoms with Crippen LogP contribution in [0.4, 0.5) is 18.9 Å². The summed E-state index contributed by atoms with van der Waals surface area (Å²) in [6.07, 6.45) is -4.40. The molecule has 1 heterocycles. The van der Waals surface area contributed by atoms with Crippen LogP contribution >= 0.6 is 0 Å². The van der Waals surface area contributed by atoms with Crippen molar-refractivity contribution in [3.63, 3.8) is 0 Å². The quantitative estimate of drug-likeness (QED) is 0.789. The third-order valence-electron chi connectivity index (χ3n) is 5.10. The average Bonchev–Trinajstić information content (AvgIpc) is 2.64. The van der Waals surface area contributed by atoms with Gasteiger partial charge in [-0.3, -0.25) is 4.90 Å². The molecule has 0 amide bonds. The number of benzene rings is 2. The zero-order valence-electron chi connectivity index (χ0n) is 16.3. The van der Waals surface area contributed by atoms with E-state index >= 15 is 0 Å². The van der Waals surface area contributed by atoms with E-state index in [-0.39, 0.29) is 0 Å². The molecule has 0 atom stereocenters. The van der Waals surface area contributed by atoms with E-state index in [1.54, 1.807) is 12.1 Å². The number of nitrogens with zero attached hydrogens (tertiary/aromatic N) is 2. The molecule has 0 spiro atoms. The van der Waals surface area contributed by atoms with E-state index in [2.05, 4.69) is 21.7 Å². The zero-order chi connectivity index (χ0) is 20.3. The highest BCUT2D eigenvalue weighted by atomic mass is 19.4. The standard InChI is InChI=1S/C22H26F3N3/c1-16-4-6-18(7-5-16)17(2)26-20-9-8-19(21(14-20)22(23,24)25)15-28-12-10-27(3)11-13-28/h4-9,14,26H,2,10-13,15H2,1,3H3. The monoisotopic (exact) mass is 389 g/mol. The Morgan fingerprint density at radius 3 is 2.29 bits per heavy atom. The Hall–Kier alpha value is -2.31. The predicted octanol–water partition coefficient (Wildman–Crippen LogP) is 4.84. The fraction of sp³-hybridized carbons (Fsp3) is 0.364. The van der Waals surface area contributed by atoms with Crippen LogP contribution in [0.5, 0.6) is 0 Å². The van der Waals surface area contributed by atoms with E-state index in [1.807, 2.05) is 38.2 Å². The highest BCUT2D eigenvalue weighted by Gasteiger charge is 2.34. The number of alkyl halides is 3. The summed E-state index contributed by atoms with van der Waals surface area (Å²) < 4.78 is 41.0. The van der Waals surface area contributed by atoms with Crippen molar-refractivity contribution in [2.75, 3.05) is 38.5 Å². The molecular weight excluding hydrogens is 363 g/mol. The second kappa shape index (κ2) is 8.37. The molecule has 0 bridgehead atoms. The third-order valence-corrected chi connectivity index (χ3v) is 5.10. The Balaban J connectivity index is 1.78. The van der Waals surface area contributed by atoms with Crippen molar-refractivity contribution in [3.05, 3.63) is 71.3 Å². The molecule has 2 aromatic carbocycles. The van der Waals surface area contributed by atoms with E-state index in [0.29, 0.717) is 23.5 Å². The Kier molecular flexibility index (Phi) is 6.10. The van der Waals surface area contributed by atoms with Crippen LogP contribution in [0, 0.1) is 6.92 Å². The van der Waals surface area contributed by atoms with Crippen molar-refractivity contribution in [1.82, 2.24) is 9.80 Å². The van der Waals surface area contributed by atoms with E-state index in [4.69, 9.17) is 0 Å². The minimum Gasteiger partial charge on any atom is -0.356 e. The highest BCUT2D eigenvalue weighted by molar-refractivity contribution is 5.75. The largest absolute Gasteiger partial charge is 0.416 e. The van der Waals surface area contributed by atoms with Crippen LogP contribution in [-0.2, 0) is 12.7 Å². The van der Waals surface area contributed by atoms with Gasteiger partial charge in [0.1, 0.15) is 0 Å². The van der Waals surface area contributed by atoms with Gasteiger partial charge in [0.05, 0.1) is 5.56 Å². The fourth-order valence-corrected chi connectivity index (χ4v) is 3.30. The molecule has 0 radical (unpaired) electrons. The first-order chi connectivity index (χ1) is 13.2. The second-order valence-electron chi connectivity index (χ2n) is 7.42. The fourth-order valence-electron chi connectivity index (χ4n) is 3.30. The number of halogens is 3. The van der Waals surface area contributed by atoms with Crippen LogP contribution in [0.15, 0.2) is 49.0 Å². The minimum atomic E-state index is -4.40. The molecule has 0 saturated carbocycles. The number of likely N-dealkylation sites (N-methyl/N-ethyl adjacent to an activating group) is 1. The molecule has 2 aromatic rings. The SMILES string of the molecule is C=C(Nc1ccc(CN2CCN(C)CC2)c(C(F)(F)F)c1)c1ccc(C)cc1. The van der Waals surface area contributed by atoms with Crippen LogP contribution in [0.1, 0.15) is 22.3 Å². The van der Waals surface area contributed by atoms with Gasteiger partial charge in [-0.1, -0.05) is 42.5 Å². The van der Waals surface area contributed by atoms with Crippen LogP contribution in [0.2, 0.25) is 0 Å². The molecule has 3 nitrogen and oxygen atoms in total. The summed E-state index contributed by atoms with van der Waals surface area (Å²) >= 11 is 0. The lowest BCUT2D eigenvalue weighted by atomic mass is 10.0. The third kappa shape index (κ3) is 5.14. The zero-order valence-corrected chi connectivity index (χ0v) is 16.3. The highest BCUT2D eigenvalue weighted by Crippen LogP contribution is 2.35. The molecule has 1 aliphatic rings. The maximum atomic E-state index is 13.7. The molecule has 1 aliphatic heterocycles. The molecule has 1 fully saturated rings. The van der Waals surface area contributed by atoms with Gasteiger partial charge in [0.15, 0.2) is 0 Å². The Morgan fingerprint density at radius 2 is 1.68 bits per heavy atom. The average molecular weight is 389 g/mol. The summed E-state index contributed by atoms with van der Waals surface area (Å²) in [4.78, 5) is 4.26. The molecule has 1 saturated heterocycles. The van der Waals surface area contributed by atoms with Crippen LogP contribution in [0.25, 0.3) is 5.70 Å². The lowest BCUT2D eigenvalue weighted by Gasteiger charge is -2.33. The van der Waals surface area contributed by atoms with E-state index < -0.39 is 11.7 Å². The Bertz CT molecular complexity index is 820. The molecule has 3 rings (SSSR count). The maximum Gasteiger partial charge on any atom is 0.416 e. The molecule has 150 valence electrons. The van der Waals surface area contributed by atoms with Gasteiger partial charge in [0.2, 0.25) is 0 Å². The number of nitrogens with one attached hydrogen (secondary N) is 1. The van der Waals surface area contributed by atoms with Crippen molar-refractivity contribution < 1.29 is 13.2 Å². The molecule has 0 aromatic heterocycles. The smallest absolute Gasteiger partial charge is 0.356 e. The lowest BCUT2D eigenvalue weighted by Crippen LogP contribution is -2.44. The number of hydrogen-bond acceptors (Lipinski definition) is 3. The van der Waals surface area contributed by atoms with Gasteiger partial charge in [-0.05, 0) is 37.2 Å². The van der Waals surface area contributed by atoms with Gasteiger partial charge in [-0.15, -0.1) is 0 Å². The summed E-state index contributed by atoms with van der Waals surface area (Å²) in [5.74, 6) is 0. The summed E-state index contributed by atoms with van der Waals surface area (Å²) in [7, 11) is 2.03. The molecule has 1 N–H and O–H groups in total. The van der Waals surface area contributed by atoms with Gasteiger partial charge in [-0.25, -0.2) is 0 Å². The molecule has 28 heavy (non-hydrogen) atoms. The van der Waals surface area contributed by atoms with Crippen molar-refractivity contribution in [1.29, 1.82) is 0 Å². The first-order valence-electron chi connectivity index (χ1n) is 9.36. The van der Waals surface area contributed by atoms with Crippen LogP contribution < -0.4 is 5.32 Å². The van der Waals surface area contributed by atoms with E-state index in [9.17, 15) is 13.2 Å². The number of anilines is 1. The first kappa shape index (κ1) is 20.4. The van der Waals surface area contributed by atoms with E-state index in [1.165, 1.54) is 6.07 Å². The number of hydrogen-bond donors (Lipinski definition) is 1. The van der Waals surface area contributed by atoms with Crippen molar-refractivity contribution >= 4 is 11.4 Å². The molecular formula is C22H26F3N3. The van der Waals surface area contributed by atoms with Gasteiger partial charge in [0.25, 0.3) is 0 Å². The summed E-state index contributed by atoms with van der Waals surface area (Å²) in [5.41, 5.74) is 2.64. The molecule has 0 unspecified atom stereocenters. The van der Waals surface area contributed by atoms with Gasteiger partial charge in [-0.2, -0.15) is 13.2 Å². The van der Waals surface area contributed by atoms with Gasteiger partial charge >= 0.3 is 6.18 Å². The minimum absolute atomic E-state index is 0.307. The van der Waals surface area contributed by atoms with Crippen molar-refractivity contribution in [3.8, 4) is 0 Å². The number of rotatable bonds is 5. The molecule has 6 heteroatoms. The first-order valence-corrected chi connectivity index (χ1v) is 9.36. The number of aryl methyl sites for hydroxylation is 1. The topological polar surface area (TPSA) is 18.5 Å². The van der Waals surface area contributed by atoms with Crippen molar-refractivity contribution in [2.24, 2.45) is 0 Å². The molecule has 0 aliphatic carbocycles.